The van der Waals surface area contributed by atoms with E-state index in [4.69, 9.17) is 0 Å². The highest BCUT2D eigenvalue weighted by molar-refractivity contribution is 5.86. The Morgan fingerprint density at radius 3 is 2.02 bits per heavy atom. The summed E-state index contributed by atoms with van der Waals surface area (Å²) in [4.78, 5) is 0. The molecule has 0 saturated heterocycles. The Bertz CT molecular complexity index is 1760. The number of hydrogen-bond donors (Lipinski definition) is 2. The molecule has 0 amide bonds. The second kappa shape index (κ2) is 11.2. The van der Waals surface area contributed by atoms with E-state index in [9.17, 15) is 10.2 Å². The molecule has 0 fully saturated rings. The topological polar surface area (TPSA) is 40.5 Å². The first-order valence-electron chi connectivity index (χ1n) is 16.3. The van der Waals surface area contributed by atoms with E-state index in [2.05, 4.69) is 92.8 Å². The highest BCUT2D eigenvalue weighted by Gasteiger charge is 2.50. The minimum Gasteiger partial charge on any atom is -0.508 e. The first-order chi connectivity index (χ1) is 21.0. The Balaban J connectivity index is 1.48. The number of unbranched alkanes of at least 4 members (excludes halogenated alkanes) is 2. The molecular formula is C41H42O2. The predicted molar refractivity (Wildman–Crippen MR) is 178 cm³/mol. The van der Waals surface area contributed by atoms with E-state index >= 15 is 0 Å². The van der Waals surface area contributed by atoms with Crippen LogP contribution < -0.4 is 10.4 Å². The number of allylic oxidation sites excluding steroid dienone is 7. The zero-order chi connectivity index (χ0) is 29.6. The van der Waals surface area contributed by atoms with Crippen LogP contribution in [0.3, 0.4) is 0 Å². The van der Waals surface area contributed by atoms with Crippen molar-refractivity contribution >= 4 is 12.2 Å². The van der Waals surface area contributed by atoms with Gasteiger partial charge in [0.2, 0.25) is 0 Å². The van der Waals surface area contributed by atoms with Crippen molar-refractivity contribution in [1.82, 2.24) is 0 Å². The smallest absolute Gasteiger partial charge is 0.116 e. The Labute approximate surface area is 255 Å². The van der Waals surface area contributed by atoms with Gasteiger partial charge in [0.05, 0.1) is 5.41 Å². The minimum atomic E-state index is -0.345. The number of benzene rings is 3. The maximum absolute atomic E-state index is 10.2. The van der Waals surface area contributed by atoms with E-state index in [1.54, 1.807) is 0 Å². The van der Waals surface area contributed by atoms with Crippen LogP contribution in [0.4, 0.5) is 0 Å². The van der Waals surface area contributed by atoms with Gasteiger partial charge >= 0.3 is 0 Å². The van der Waals surface area contributed by atoms with Gasteiger partial charge in [0.25, 0.3) is 0 Å². The lowest BCUT2D eigenvalue weighted by molar-refractivity contribution is 0.414. The van der Waals surface area contributed by atoms with Gasteiger partial charge in [0.1, 0.15) is 11.5 Å². The molecule has 7 rings (SSSR count). The second-order valence-electron chi connectivity index (χ2n) is 12.9. The largest absolute Gasteiger partial charge is 0.508 e. The van der Waals surface area contributed by atoms with Crippen molar-refractivity contribution in [3.63, 3.8) is 0 Å². The summed E-state index contributed by atoms with van der Waals surface area (Å²) < 4.78 is 0. The highest BCUT2D eigenvalue weighted by Crippen LogP contribution is 2.59. The number of aliphatic hydroxyl groups is 1. The molecule has 2 heteroatoms. The molecule has 0 bridgehead atoms. The Kier molecular flexibility index (Phi) is 7.25. The number of phenolic OH excluding ortho intramolecular Hbond substituents is 1. The number of aliphatic hydroxyl groups excluding tert-OH is 1. The van der Waals surface area contributed by atoms with Crippen LogP contribution in [0.15, 0.2) is 102 Å². The number of aryl methyl sites for hydroxylation is 2. The Morgan fingerprint density at radius 2 is 1.35 bits per heavy atom. The fourth-order valence-corrected chi connectivity index (χ4v) is 7.98. The molecular weight excluding hydrogens is 524 g/mol. The van der Waals surface area contributed by atoms with E-state index in [1.165, 1.54) is 69.9 Å². The molecule has 3 aromatic carbocycles. The molecule has 0 heterocycles. The number of rotatable bonds is 8. The van der Waals surface area contributed by atoms with Gasteiger partial charge in [-0.25, -0.2) is 0 Å². The van der Waals surface area contributed by atoms with Gasteiger partial charge in [0.15, 0.2) is 0 Å². The number of fused-ring (bicyclic) bond motifs is 5. The average molecular weight is 567 g/mol. The molecule has 2 nitrogen and oxygen atoms in total. The molecule has 3 atom stereocenters. The van der Waals surface area contributed by atoms with Crippen LogP contribution in [0.5, 0.6) is 5.75 Å². The zero-order valence-corrected chi connectivity index (χ0v) is 25.4. The lowest BCUT2D eigenvalue weighted by Gasteiger charge is -2.42. The summed E-state index contributed by atoms with van der Waals surface area (Å²) in [6, 6.07) is 20.4. The van der Waals surface area contributed by atoms with Crippen molar-refractivity contribution in [2.24, 2.45) is 17.8 Å². The molecule has 218 valence electrons. The van der Waals surface area contributed by atoms with Crippen molar-refractivity contribution in [3.05, 3.63) is 135 Å². The van der Waals surface area contributed by atoms with E-state index in [-0.39, 0.29) is 23.2 Å². The van der Waals surface area contributed by atoms with Crippen molar-refractivity contribution < 1.29 is 10.2 Å². The molecule has 2 N–H and O–H groups in total. The maximum Gasteiger partial charge on any atom is 0.116 e. The van der Waals surface area contributed by atoms with Gasteiger partial charge in [0, 0.05) is 11.8 Å². The molecule has 43 heavy (non-hydrogen) atoms. The van der Waals surface area contributed by atoms with Crippen LogP contribution in [0.2, 0.25) is 0 Å². The van der Waals surface area contributed by atoms with E-state index in [0.29, 0.717) is 11.5 Å². The van der Waals surface area contributed by atoms with Crippen LogP contribution in [0, 0.1) is 17.8 Å². The third-order valence-electron chi connectivity index (χ3n) is 10.2. The van der Waals surface area contributed by atoms with Crippen molar-refractivity contribution in [1.29, 1.82) is 0 Å². The van der Waals surface area contributed by atoms with Gasteiger partial charge in [-0.3, -0.25) is 0 Å². The lowest BCUT2D eigenvalue weighted by Crippen LogP contribution is -2.41. The average Bonchev–Trinajstić information content (AvgIpc) is 3.32. The van der Waals surface area contributed by atoms with Crippen molar-refractivity contribution in [2.75, 3.05) is 0 Å². The molecule has 0 aliphatic heterocycles. The van der Waals surface area contributed by atoms with Crippen LogP contribution >= 0.6 is 0 Å². The van der Waals surface area contributed by atoms with Crippen LogP contribution in [0.25, 0.3) is 23.3 Å². The van der Waals surface area contributed by atoms with Gasteiger partial charge in [-0.2, -0.15) is 0 Å². The van der Waals surface area contributed by atoms with Gasteiger partial charge in [-0.15, -0.1) is 0 Å². The standard InChI is InChI=1S/C41H42O2/c1-3-5-7-27-9-19-39-37(21-27)38-22-28(8-6-4-2)10-20-40(38)41(39,33-15-11-31-25-35(42)17-13-29(31)23-33)34-16-12-32-26-36(43)18-14-30(32)24-34/h9-15,17-26,29,31,34,42-43H,3-8,16H2,1-2H3. The first kappa shape index (κ1) is 27.8. The first-order valence-corrected chi connectivity index (χ1v) is 16.3. The van der Waals surface area contributed by atoms with Crippen molar-refractivity contribution in [3.8, 4) is 16.9 Å². The third-order valence-corrected chi connectivity index (χ3v) is 10.2. The quantitative estimate of drug-likeness (QED) is 0.288. The summed E-state index contributed by atoms with van der Waals surface area (Å²) in [5.74, 6) is 1.26. The van der Waals surface area contributed by atoms with Crippen LogP contribution in [-0.4, -0.2) is 10.2 Å². The summed E-state index contributed by atoms with van der Waals surface area (Å²) in [7, 11) is 0. The molecule has 0 saturated carbocycles. The fourth-order valence-electron chi connectivity index (χ4n) is 7.98. The van der Waals surface area contributed by atoms with E-state index in [0.717, 1.165) is 24.5 Å². The molecule has 4 aliphatic rings. The van der Waals surface area contributed by atoms with Gasteiger partial charge < -0.3 is 10.2 Å². The molecule has 0 radical (unpaired) electrons. The summed E-state index contributed by atoms with van der Waals surface area (Å²) in [6.45, 7) is 4.54. The molecule has 4 aliphatic carbocycles. The third kappa shape index (κ3) is 4.72. The monoisotopic (exact) mass is 566 g/mol. The fraction of sp³-hybridized carbons (Fsp3) is 0.317. The van der Waals surface area contributed by atoms with Crippen molar-refractivity contribution in [2.45, 2.75) is 64.2 Å². The summed E-state index contributed by atoms with van der Waals surface area (Å²) in [5, 5.41) is 22.7. The molecule has 0 aromatic heterocycles. The summed E-state index contributed by atoms with van der Waals surface area (Å²) >= 11 is 0. The van der Waals surface area contributed by atoms with Crippen LogP contribution in [-0.2, 0) is 18.3 Å². The van der Waals surface area contributed by atoms with Crippen LogP contribution in [0.1, 0.15) is 68.2 Å². The number of phenols is 1. The van der Waals surface area contributed by atoms with Gasteiger partial charge in [-0.1, -0.05) is 106 Å². The molecule has 3 aromatic rings. The van der Waals surface area contributed by atoms with E-state index in [1.807, 2.05) is 24.3 Å². The Morgan fingerprint density at radius 1 is 0.698 bits per heavy atom. The molecule has 3 unspecified atom stereocenters. The SMILES string of the molecule is CCCCc1ccc2c(c1)-c1cc(CCCC)ccc1C2(C1=CC2C=CC(O)=CC2C=C1)C1C=c2ccc(O)cc2=CC1. The highest BCUT2D eigenvalue weighted by atomic mass is 16.3. The number of hydrogen-bond acceptors (Lipinski definition) is 2. The lowest BCUT2D eigenvalue weighted by atomic mass is 9.60. The van der Waals surface area contributed by atoms with E-state index < -0.39 is 0 Å². The number of aromatic hydroxyl groups is 1. The van der Waals surface area contributed by atoms with Gasteiger partial charge in [-0.05, 0) is 112 Å². The normalized spacial score (nSPS) is 22.3. The second-order valence-corrected chi connectivity index (χ2v) is 12.9. The maximum atomic E-state index is 10.2. The summed E-state index contributed by atoms with van der Waals surface area (Å²) in [6.07, 6.45) is 25.8. The zero-order valence-electron chi connectivity index (χ0n) is 25.4. The summed E-state index contributed by atoms with van der Waals surface area (Å²) in [5.41, 5.74) is 9.42. The molecule has 0 spiro atoms. The minimum absolute atomic E-state index is 0.171. The Hall–Kier alpha value is -4.04. The predicted octanol–water partition coefficient (Wildman–Crippen LogP) is 8.37.